The van der Waals surface area contributed by atoms with Gasteiger partial charge >= 0.3 is 0 Å². The first-order chi connectivity index (χ1) is 13.0. The fourth-order valence-corrected chi connectivity index (χ4v) is 4.10. The number of aryl methyl sites for hydroxylation is 2. The van der Waals surface area contributed by atoms with Crippen LogP contribution in [0, 0.1) is 19.3 Å². The minimum Gasteiger partial charge on any atom is -0.318 e. The van der Waals surface area contributed by atoms with E-state index in [1.54, 1.807) is 17.2 Å². The van der Waals surface area contributed by atoms with Gasteiger partial charge in [-0.2, -0.15) is 4.99 Å². The van der Waals surface area contributed by atoms with Gasteiger partial charge in [-0.1, -0.05) is 30.8 Å². The molecule has 0 saturated heterocycles. The number of rotatable bonds is 3. The minimum atomic E-state index is -0.362. The van der Waals surface area contributed by atoms with Crippen molar-refractivity contribution in [3.63, 3.8) is 0 Å². The van der Waals surface area contributed by atoms with E-state index in [1.165, 1.54) is 17.3 Å². The van der Waals surface area contributed by atoms with E-state index in [1.807, 2.05) is 25.3 Å². The molecule has 1 amide bonds. The first kappa shape index (κ1) is 17.5. The SMILES string of the molecule is CCc1ccc(-n2c(C)cc(/C=C3/C(=N)N4C=CSC4=NC3=O)c2C)cc1. The molecule has 2 aromatic rings. The van der Waals surface area contributed by atoms with E-state index in [0.29, 0.717) is 10.7 Å². The van der Waals surface area contributed by atoms with E-state index in [4.69, 9.17) is 5.41 Å². The molecule has 1 aromatic heterocycles. The molecule has 2 aliphatic heterocycles. The van der Waals surface area contributed by atoms with Crippen molar-refractivity contribution in [3.05, 3.63) is 70.0 Å². The molecule has 3 heterocycles. The molecule has 0 spiro atoms. The van der Waals surface area contributed by atoms with Crippen LogP contribution in [0.3, 0.4) is 0 Å². The Kier molecular flexibility index (Phi) is 4.36. The summed E-state index contributed by atoms with van der Waals surface area (Å²) in [6, 6.07) is 10.6. The van der Waals surface area contributed by atoms with Crippen LogP contribution >= 0.6 is 11.8 Å². The van der Waals surface area contributed by atoms with E-state index in [0.717, 1.165) is 29.1 Å². The van der Waals surface area contributed by atoms with Crippen LogP contribution in [0.25, 0.3) is 11.8 Å². The molecule has 0 unspecified atom stereocenters. The van der Waals surface area contributed by atoms with Gasteiger partial charge in [-0.25, -0.2) is 0 Å². The number of amides is 1. The van der Waals surface area contributed by atoms with Gasteiger partial charge in [-0.05, 0) is 61.1 Å². The van der Waals surface area contributed by atoms with Crippen LogP contribution in [0.4, 0.5) is 0 Å². The van der Waals surface area contributed by atoms with Crippen LogP contribution in [0.2, 0.25) is 0 Å². The Hall–Kier alpha value is -2.86. The maximum Gasteiger partial charge on any atom is 0.283 e. The quantitative estimate of drug-likeness (QED) is 0.806. The summed E-state index contributed by atoms with van der Waals surface area (Å²) >= 11 is 1.35. The highest BCUT2D eigenvalue weighted by atomic mass is 32.2. The second-order valence-corrected chi connectivity index (χ2v) is 7.43. The zero-order chi connectivity index (χ0) is 19.1. The Bertz CT molecular complexity index is 1040. The number of nitrogens with zero attached hydrogens (tertiary/aromatic N) is 3. The average Bonchev–Trinajstić information content (AvgIpc) is 3.23. The van der Waals surface area contributed by atoms with Crippen molar-refractivity contribution in [2.75, 3.05) is 0 Å². The van der Waals surface area contributed by atoms with E-state index < -0.39 is 0 Å². The first-order valence-electron chi connectivity index (χ1n) is 8.84. The van der Waals surface area contributed by atoms with Crippen molar-refractivity contribution in [2.24, 2.45) is 4.99 Å². The molecule has 5 nitrogen and oxygen atoms in total. The molecule has 2 aliphatic rings. The number of aromatic nitrogens is 1. The van der Waals surface area contributed by atoms with Crippen molar-refractivity contribution < 1.29 is 4.79 Å². The van der Waals surface area contributed by atoms with Gasteiger partial charge in [-0.15, -0.1) is 0 Å². The number of benzene rings is 1. The summed E-state index contributed by atoms with van der Waals surface area (Å²) in [6.07, 6.45) is 4.56. The molecule has 1 aromatic carbocycles. The molecule has 0 fully saturated rings. The van der Waals surface area contributed by atoms with Crippen LogP contribution in [-0.4, -0.2) is 26.4 Å². The molecule has 0 radical (unpaired) electrons. The Morgan fingerprint density at radius 2 is 1.96 bits per heavy atom. The van der Waals surface area contributed by atoms with E-state index in [2.05, 4.69) is 40.7 Å². The summed E-state index contributed by atoms with van der Waals surface area (Å²) in [7, 11) is 0. The minimum absolute atomic E-state index is 0.170. The van der Waals surface area contributed by atoms with Gasteiger partial charge in [0.2, 0.25) is 0 Å². The van der Waals surface area contributed by atoms with Crippen LogP contribution in [0.1, 0.15) is 29.4 Å². The van der Waals surface area contributed by atoms with E-state index >= 15 is 0 Å². The van der Waals surface area contributed by atoms with Gasteiger partial charge in [0.15, 0.2) is 5.17 Å². The Morgan fingerprint density at radius 1 is 1.22 bits per heavy atom. The predicted molar refractivity (Wildman–Crippen MR) is 111 cm³/mol. The highest BCUT2D eigenvalue weighted by Crippen LogP contribution is 2.29. The molecule has 0 aliphatic carbocycles. The molecule has 4 rings (SSSR count). The van der Waals surface area contributed by atoms with Crippen LogP contribution in [0.15, 0.2) is 52.5 Å². The summed E-state index contributed by atoms with van der Waals surface area (Å²) in [5.41, 5.74) is 5.75. The smallest absolute Gasteiger partial charge is 0.283 e. The van der Waals surface area contributed by atoms with Gasteiger partial charge in [0, 0.05) is 23.3 Å². The second kappa shape index (κ2) is 6.70. The van der Waals surface area contributed by atoms with E-state index in [-0.39, 0.29) is 11.7 Å². The first-order valence-corrected chi connectivity index (χ1v) is 9.72. The zero-order valence-electron chi connectivity index (χ0n) is 15.5. The lowest BCUT2D eigenvalue weighted by Crippen LogP contribution is -2.35. The maximum absolute atomic E-state index is 12.4. The Labute approximate surface area is 162 Å². The lowest BCUT2D eigenvalue weighted by atomic mass is 10.1. The number of hydrogen-bond donors (Lipinski definition) is 1. The number of hydrogen-bond acceptors (Lipinski definition) is 3. The molecule has 6 heteroatoms. The number of fused-ring (bicyclic) bond motifs is 1. The molecule has 0 atom stereocenters. The fraction of sp³-hybridized carbons (Fsp3) is 0.190. The third kappa shape index (κ3) is 2.96. The highest BCUT2D eigenvalue weighted by Gasteiger charge is 2.31. The van der Waals surface area contributed by atoms with Gasteiger partial charge < -0.3 is 4.57 Å². The summed E-state index contributed by atoms with van der Waals surface area (Å²) < 4.78 is 2.17. The number of carbonyl (C=O) groups is 1. The van der Waals surface area contributed by atoms with Gasteiger partial charge in [0.1, 0.15) is 5.84 Å². The molecule has 27 heavy (non-hydrogen) atoms. The average molecular weight is 376 g/mol. The van der Waals surface area contributed by atoms with E-state index in [9.17, 15) is 4.79 Å². The lowest BCUT2D eigenvalue weighted by molar-refractivity contribution is -0.114. The van der Waals surface area contributed by atoms with Crippen molar-refractivity contribution in [2.45, 2.75) is 27.2 Å². The van der Waals surface area contributed by atoms with Crippen molar-refractivity contribution in [1.82, 2.24) is 9.47 Å². The maximum atomic E-state index is 12.4. The van der Waals surface area contributed by atoms with Gasteiger partial charge in [0.25, 0.3) is 5.91 Å². The number of nitrogens with one attached hydrogen (secondary N) is 1. The predicted octanol–water partition coefficient (Wildman–Crippen LogP) is 4.43. The van der Waals surface area contributed by atoms with Gasteiger partial charge in [0.05, 0.1) is 5.57 Å². The second-order valence-electron chi connectivity index (χ2n) is 6.56. The van der Waals surface area contributed by atoms with Crippen molar-refractivity contribution in [1.29, 1.82) is 5.41 Å². The summed E-state index contributed by atoms with van der Waals surface area (Å²) in [6.45, 7) is 6.22. The third-order valence-corrected chi connectivity index (χ3v) is 5.64. The fourth-order valence-electron chi connectivity index (χ4n) is 3.40. The third-order valence-electron chi connectivity index (χ3n) is 4.89. The van der Waals surface area contributed by atoms with Crippen molar-refractivity contribution >= 4 is 34.7 Å². The lowest BCUT2D eigenvalue weighted by Gasteiger charge is -2.22. The van der Waals surface area contributed by atoms with Crippen molar-refractivity contribution in [3.8, 4) is 5.69 Å². The summed E-state index contributed by atoms with van der Waals surface area (Å²) in [5.74, 6) is -0.192. The molecule has 136 valence electrons. The van der Waals surface area contributed by atoms with Crippen LogP contribution in [-0.2, 0) is 11.2 Å². The molecule has 0 saturated carbocycles. The molecular formula is C21H20N4OS. The van der Waals surface area contributed by atoms with Crippen LogP contribution in [0.5, 0.6) is 0 Å². The normalized spacial score (nSPS) is 17.7. The monoisotopic (exact) mass is 376 g/mol. The summed E-state index contributed by atoms with van der Waals surface area (Å²) in [5, 5.41) is 10.8. The summed E-state index contributed by atoms with van der Waals surface area (Å²) in [4.78, 5) is 18.2. The standard InChI is InChI=1S/C21H20N4OS/c1-4-15-5-7-17(8-6-15)25-13(2)11-16(14(25)3)12-18-19(22)24-9-10-27-21(24)23-20(18)26/h5-12,22H,4H2,1-3H3/b18-12-,22-19?. The number of aliphatic imine (C=N–C) groups is 1. The Morgan fingerprint density at radius 3 is 2.67 bits per heavy atom. The number of thioether (sulfide) groups is 1. The number of carbonyl (C=O) groups excluding carboxylic acids is 1. The van der Waals surface area contributed by atoms with Crippen LogP contribution < -0.4 is 0 Å². The largest absolute Gasteiger partial charge is 0.318 e. The number of amidine groups is 2. The Balaban J connectivity index is 1.75. The van der Waals surface area contributed by atoms with Gasteiger partial charge in [-0.3, -0.25) is 15.1 Å². The molecule has 1 N–H and O–H groups in total. The molecular weight excluding hydrogens is 356 g/mol. The topological polar surface area (TPSA) is 61.5 Å². The zero-order valence-corrected chi connectivity index (χ0v) is 16.3. The molecule has 0 bridgehead atoms. The highest BCUT2D eigenvalue weighted by molar-refractivity contribution is 8.16.